The molecule has 0 radical (unpaired) electrons. The van der Waals surface area contributed by atoms with E-state index in [1.165, 1.54) is 18.4 Å². The van der Waals surface area contributed by atoms with Gasteiger partial charge in [0.15, 0.2) is 0 Å². The van der Waals surface area contributed by atoms with E-state index in [1.807, 2.05) is 42.5 Å². The molecule has 0 fully saturated rings. The third kappa shape index (κ3) is 2.64. The lowest BCUT2D eigenvalue weighted by atomic mass is 10.0. The summed E-state index contributed by atoms with van der Waals surface area (Å²) in [6.07, 6.45) is 0. The summed E-state index contributed by atoms with van der Waals surface area (Å²) in [5.41, 5.74) is 1.41. The molecule has 0 saturated carbocycles. The molecule has 0 spiro atoms. The van der Waals surface area contributed by atoms with Gasteiger partial charge in [-0.25, -0.2) is 4.79 Å². The Labute approximate surface area is 138 Å². The van der Waals surface area contributed by atoms with E-state index in [2.05, 4.69) is 0 Å². The molecule has 0 unspecified atom stereocenters. The minimum Gasteiger partial charge on any atom is -0.497 e. The van der Waals surface area contributed by atoms with Gasteiger partial charge in [-0.1, -0.05) is 12.1 Å². The second kappa shape index (κ2) is 6.30. The van der Waals surface area contributed by atoms with E-state index < -0.39 is 0 Å². The SMILES string of the molecule is COC(=O)c1c(-c2ccccc2OC)sc2ccc(OC)cc12. The van der Waals surface area contributed by atoms with Gasteiger partial charge in [0.25, 0.3) is 0 Å². The van der Waals surface area contributed by atoms with Crippen LogP contribution in [-0.4, -0.2) is 27.3 Å². The van der Waals surface area contributed by atoms with Crippen LogP contribution in [0.4, 0.5) is 0 Å². The van der Waals surface area contributed by atoms with Crippen molar-refractivity contribution in [1.29, 1.82) is 0 Å². The summed E-state index contributed by atoms with van der Waals surface area (Å²) >= 11 is 1.53. The van der Waals surface area contributed by atoms with Gasteiger partial charge in [0.05, 0.1) is 31.8 Å². The number of hydrogen-bond acceptors (Lipinski definition) is 5. The molecule has 0 aliphatic heterocycles. The highest BCUT2D eigenvalue weighted by atomic mass is 32.1. The maximum Gasteiger partial charge on any atom is 0.339 e. The highest BCUT2D eigenvalue weighted by Gasteiger charge is 2.23. The van der Waals surface area contributed by atoms with Crippen molar-refractivity contribution < 1.29 is 19.0 Å². The van der Waals surface area contributed by atoms with Crippen molar-refractivity contribution in [1.82, 2.24) is 0 Å². The molecule has 5 heteroatoms. The number of rotatable bonds is 4. The Morgan fingerprint density at radius 3 is 2.48 bits per heavy atom. The molecule has 0 saturated heterocycles. The second-order valence-corrected chi connectivity index (χ2v) is 5.91. The van der Waals surface area contributed by atoms with Crippen molar-refractivity contribution in [3.63, 3.8) is 0 Å². The molecule has 1 heterocycles. The van der Waals surface area contributed by atoms with Crippen LogP contribution in [0.3, 0.4) is 0 Å². The van der Waals surface area contributed by atoms with Crippen LogP contribution in [0.25, 0.3) is 20.5 Å². The van der Waals surface area contributed by atoms with Gasteiger partial charge in [0.1, 0.15) is 11.5 Å². The predicted octanol–water partition coefficient (Wildman–Crippen LogP) is 4.37. The molecule has 3 rings (SSSR count). The molecule has 118 valence electrons. The zero-order valence-electron chi connectivity index (χ0n) is 13.1. The molecule has 4 nitrogen and oxygen atoms in total. The average Bonchev–Trinajstić information content (AvgIpc) is 2.99. The minimum absolute atomic E-state index is 0.370. The number of carbonyl (C=O) groups is 1. The standard InChI is InChI=1S/C18H16O4S/c1-20-11-8-9-15-13(10-11)16(18(19)22-3)17(23-15)12-6-4-5-7-14(12)21-2/h4-10H,1-3H3. The lowest BCUT2D eigenvalue weighted by molar-refractivity contribution is 0.0604. The number of benzene rings is 2. The van der Waals surface area contributed by atoms with E-state index in [0.29, 0.717) is 11.3 Å². The largest absolute Gasteiger partial charge is 0.497 e. The van der Waals surface area contributed by atoms with Gasteiger partial charge in [-0.05, 0) is 30.3 Å². The van der Waals surface area contributed by atoms with E-state index in [1.54, 1.807) is 14.2 Å². The lowest BCUT2D eigenvalue weighted by Crippen LogP contribution is -2.02. The maximum atomic E-state index is 12.4. The van der Waals surface area contributed by atoms with E-state index >= 15 is 0 Å². The summed E-state index contributed by atoms with van der Waals surface area (Å²) in [4.78, 5) is 13.2. The number of ether oxygens (including phenoxy) is 3. The third-order valence-electron chi connectivity index (χ3n) is 3.64. The fourth-order valence-electron chi connectivity index (χ4n) is 2.53. The highest BCUT2D eigenvalue weighted by Crippen LogP contribution is 2.43. The Bertz CT molecular complexity index is 867. The summed E-state index contributed by atoms with van der Waals surface area (Å²) in [6.45, 7) is 0. The van der Waals surface area contributed by atoms with Crippen molar-refractivity contribution in [2.24, 2.45) is 0 Å². The average molecular weight is 328 g/mol. The van der Waals surface area contributed by atoms with Crippen molar-refractivity contribution in [3.05, 3.63) is 48.0 Å². The van der Waals surface area contributed by atoms with Gasteiger partial charge in [-0.3, -0.25) is 0 Å². The van der Waals surface area contributed by atoms with Gasteiger partial charge in [-0.2, -0.15) is 0 Å². The molecule has 0 aliphatic carbocycles. The van der Waals surface area contributed by atoms with Gasteiger partial charge in [-0.15, -0.1) is 11.3 Å². The first-order chi connectivity index (χ1) is 11.2. The molecule has 23 heavy (non-hydrogen) atoms. The number of para-hydroxylation sites is 1. The molecule has 0 amide bonds. The number of esters is 1. The van der Waals surface area contributed by atoms with Crippen molar-refractivity contribution in [2.75, 3.05) is 21.3 Å². The first-order valence-corrected chi connectivity index (χ1v) is 7.83. The van der Waals surface area contributed by atoms with Crippen molar-refractivity contribution >= 4 is 27.4 Å². The molecule has 3 aromatic rings. The van der Waals surface area contributed by atoms with Crippen LogP contribution in [0.5, 0.6) is 11.5 Å². The third-order valence-corrected chi connectivity index (χ3v) is 4.84. The molecule has 0 atom stereocenters. The number of carbonyl (C=O) groups excluding carboxylic acids is 1. The normalized spacial score (nSPS) is 10.6. The maximum absolute atomic E-state index is 12.4. The topological polar surface area (TPSA) is 44.8 Å². The summed E-state index contributed by atoms with van der Waals surface area (Å²) in [5, 5.41) is 0.821. The summed E-state index contributed by atoms with van der Waals surface area (Å²) in [6, 6.07) is 13.3. The van der Waals surface area contributed by atoms with Crippen molar-refractivity contribution in [2.45, 2.75) is 0 Å². The Morgan fingerprint density at radius 1 is 1.00 bits per heavy atom. The zero-order chi connectivity index (χ0) is 16.4. The van der Waals surface area contributed by atoms with Crippen LogP contribution in [0.1, 0.15) is 10.4 Å². The molecular formula is C18H16O4S. The first-order valence-electron chi connectivity index (χ1n) is 7.01. The number of methoxy groups -OCH3 is 3. The molecule has 0 bridgehead atoms. The monoisotopic (exact) mass is 328 g/mol. The van der Waals surface area contributed by atoms with E-state index in [-0.39, 0.29) is 5.97 Å². The molecule has 0 N–H and O–H groups in total. The molecule has 0 aliphatic rings. The van der Waals surface area contributed by atoms with Crippen LogP contribution in [0.2, 0.25) is 0 Å². The van der Waals surface area contributed by atoms with Crippen LogP contribution < -0.4 is 9.47 Å². The molecular weight excluding hydrogens is 312 g/mol. The van der Waals surface area contributed by atoms with Gasteiger partial charge in [0.2, 0.25) is 0 Å². The van der Waals surface area contributed by atoms with E-state index in [9.17, 15) is 4.79 Å². The molecule has 2 aromatic carbocycles. The Morgan fingerprint density at radius 2 is 1.78 bits per heavy atom. The van der Waals surface area contributed by atoms with Crippen LogP contribution in [-0.2, 0) is 4.74 Å². The lowest BCUT2D eigenvalue weighted by Gasteiger charge is -2.08. The van der Waals surface area contributed by atoms with E-state index in [4.69, 9.17) is 14.2 Å². The fourth-order valence-corrected chi connectivity index (χ4v) is 3.73. The Balaban J connectivity index is 2.33. The molecule has 1 aromatic heterocycles. The minimum atomic E-state index is -0.370. The van der Waals surface area contributed by atoms with Gasteiger partial charge < -0.3 is 14.2 Å². The Hall–Kier alpha value is -2.53. The number of thiophene rings is 1. The number of hydrogen-bond donors (Lipinski definition) is 0. The quantitative estimate of drug-likeness (QED) is 0.667. The highest BCUT2D eigenvalue weighted by molar-refractivity contribution is 7.22. The first kappa shape index (κ1) is 15.4. The van der Waals surface area contributed by atoms with Gasteiger partial charge in [0, 0.05) is 15.6 Å². The Kier molecular flexibility index (Phi) is 4.21. The smallest absolute Gasteiger partial charge is 0.339 e. The summed E-state index contributed by atoms with van der Waals surface area (Å²) in [7, 11) is 4.61. The van der Waals surface area contributed by atoms with Crippen molar-refractivity contribution in [3.8, 4) is 21.9 Å². The van der Waals surface area contributed by atoms with Crippen LogP contribution in [0.15, 0.2) is 42.5 Å². The number of fused-ring (bicyclic) bond motifs is 1. The van der Waals surface area contributed by atoms with Gasteiger partial charge >= 0.3 is 5.97 Å². The zero-order valence-corrected chi connectivity index (χ0v) is 13.9. The second-order valence-electron chi connectivity index (χ2n) is 4.86. The predicted molar refractivity (Wildman–Crippen MR) is 91.7 cm³/mol. The van der Waals surface area contributed by atoms with Crippen LogP contribution in [0, 0.1) is 0 Å². The summed E-state index contributed by atoms with van der Waals surface area (Å²) < 4.78 is 16.7. The fraction of sp³-hybridized carbons (Fsp3) is 0.167. The summed E-state index contributed by atoms with van der Waals surface area (Å²) in [5.74, 6) is 1.05. The van der Waals surface area contributed by atoms with E-state index in [0.717, 1.165) is 26.3 Å². The van der Waals surface area contributed by atoms with Crippen LogP contribution >= 0.6 is 11.3 Å².